The summed E-state index contributed by atoms with van der Waals surface area (Å²) in [5.41, 5.74) is 0.0279. The SMILES string of the molecule is COc1ccc(C(=O)[C@H](C)n2cnc3c2c(=O)n(C)c(=O)n3C)cc1. The van der Waals surface area contributed by atoms with Crippen LogP contribution in [0.5, 0.6) is 5.75 Å². The van der Waals surface area contributed by atoms with E-state index >= 15 is 0 Å². The lowest BCUT2D eigenvalue weighted by Crippen LogP contribution is -2.38. The zero-order valence-corrected chi connectivity index (χ0v) is 14.4. The Bertz CT molecular complexity index is 1070. The van der Waals surface area contributed by atoms with Gasteiger partial charge in [-0.15, -0.1) is 0 Å². The molecule has 0 aliphatic heterocycles. The van der Waals surface area contributed by atoms with Gasteiger partial charge in [-0.25, -0.2) is 9.78 Å². The smallest absolute Gasteiger partial charge is 0.332 e. The number of aryl methyl sites for hydroxylation is 1. The van der Waals surface area contributed by atoms with Gasteiger partial charge in [0.1, 0.15) is 5.75 Å². The van der Waals surface area contributed by atoms with Crippen LogP contribution in [0.2, 0.25) is 0 Å². The lowest BCUT2D eigenvalue weighted by atomic mass is 10.1. The Hall–Kier alpha value is -3.16. The molecule has 0 spiro atoms. The first-order chi connectivity index (χ1) is 11.9. The molecule has 0 saturated heterocycles. The Labute approximate surface area is 142 Å². The van der Waals surface area contributed by atoms with Crippen molar-refractivity contribution in [2.24, 2.45) is 14.1 Å². The number of fused-ring (bicyclic) bond motifs is 1. The molecule has 2 heterocycles. The number of aromatic nitrogens is 4. The summed E-state index contributed by atoms with van der Waals surface area (Å²) >= 11 is 0. The predicted octanol–water partition coefficient (Wildman–Crippen LogP) is 0.886. The number of methoxy groups -OCH3 is 1. The second kappa shape index (κ2) is 6.04. The number of ketones is 1. The van der Waals surface area contributed by atoms with Crippen molar-refractivity contribution in [3.05, 3.63) is 57.0 Å². The fraction of sp³-hybridized carbons (Fsp3) is 0.294. The van der Waals surface area contributed by atoms with Crippen molar-refractivity contribution in [3.63, 3.8) is 0 Å². The maximum atomic E-state index is 12.8. The summed E-state index contributed by atoms with van der Waals surface area (Å²) in [6.45, 7) is 1.69. The van der Waals surface area contributed by atoms with Gasteiger partial charge in [0.15, 0.2) is 16.9 Å². The van der Waals surface area contributed by atoms with Crippen LogP contribution in [0.3, 0.4) is 0 Å². The minimum atomic E-state index is -0.649. The van der Waals surface area contributed by atoms with Crippen LogP contribution >= 0.6 is 0 Å². The molecule has 3 rings (SSSR count). The Morgan fingerprint density at radius 1 is 1.12 bits per heavy atom. The van der Waals surface area contributed by atoms with Gasteiger partial charge < -0.3 is 9.30 Å². The van der Waals surface area contributed by atoms with Crippen molar-refractivity contribution in [1.29, 1.82) is 0 Å². The van der Waals surface area contributed by atoms with Crippen LogP contribution in [0.25, 0.3) is 11.2 Å². The van der Waals surface area contributed by atoms with E-state index in [4.69, 9.17) is 4.74 Å². The van der Waals surface area contributed by atoms with E-state index in [1.165, 1.54) is 29.6 Å². The van der Waals surface area contributed by atoms with Gasteiger partial charge in [0.2, 0.25) is 0 Å². The van der Waals surface area contributed by atoms with E-state index in [1.54, 1.807) is 38.3 Å². The van der Waals surface area contributed by atoms with Gasteiger partial charge in [-0.2, -0.15) is 0 Å². The van der Waals surface area contributed by atoms with E-state index in [1.807, 2.05) is 0 Å². The van der Waals surface area contributed by atoms with Crippen LogP contribution in [0.4, 0.5) is 0 Å². The standard InChI is InChI=1S/C17H18N4O4/c1-10(14(22)11-5-7-12(25-4)8-6-11)21-9-18-15-13(21)16(23)20(3)17(24)19(15)2/h5-10H,1-4H3/t10-/m0/s1. The number of Topliss-reactive ketones (excluding diaryl/α,β-unsaturated/α-hetero) is 1. The number of benzene rings is 1. The van der Waals surface area contributed by atoms with Gasteiger partial charge in [0.25, 0.3) is 5.56 Å². The normalized spacial score (nSPS) is 12.3. The lowest BCUT2D eigenvalue weighted by molar-refractivity contribution is 0.0936. The van der Waals surface area contributed by atoms with E-state index in [2.05, 4.69) is 4.98 Å². The number of ether oxygens (including phenoxy) is 1. The number of hydrogen-bond acceptors (Lipinski definition) is 5. The molecule has 8 heteroatoms. The molecule has 0 amide bonds. The van der Waals surface area contributed by atoms with Crippen LogP contribution in [0, 0.1) is 0 Å². The Morgan fingerprint density at radius 2 is 1.76 bits per heavy atom. The molecule has 0 N–H and O–H groups in total. The van der Waals surface area contributed by atoms with Gasteiger partial charge in [-0.05, 0) is 31.2 Å². The van der Waals surface area contributed by atoms with Gasteiger partial charge in [0.05, 0.1) is 19.5 Å². The van der Waals surface area contributed by atoms with Crippen LogP contribution in [0.1, 0.15) is 23.3 Å². The van der Waals surface area contributed by atoms with E-state index in [9.17, 15) is 14.4 Å². The maximum Gasteiger partial charge on any atom is 0.332 e. The summed E-state index contributed by atoms with van der Waals surface area (Å²) in [6, 6.07) is 6.10. The molecule has 25 heavy (non-hydrogen) atoms. The summed E-state index contributed by atoms with van der Waals surface area (Å²) in [7, 11) is 4.49. The average molecular weight is 342 g/mol. The second-order valence-electron chi connectivity index (χ2n) is 5.80. The molecule has 0 bridgehead atoms. The van der Waals surface area contributed by atoms with Gasteiger partial charge >= 0.3 is 5.69 Å². The molecule has 0 saturated carbocycles. The predicted molar refractivity (Wildman–Crippen MR) is 92.3 cm³/mol. The summed E-state index contributed by atoms with van der Waals surface area (Å²) < 4.78 is 8.89. The first-order valence-electron chi connectivity index (χ1n) is 7.67. The summed E-state index contributed by atoms with van der Waals surface area (Å²) in [5, 5.41) is 0. The lowest BCUT2D eigenvalue weighted by Gasteiger charge is -2.14. The maximum absolute atomic E-state index is 12.8. The van der Waals surface area contributed by atoms with E-state index < -0.39 is 17.3 Å². The molecule has 0 aliphatic carbocycles. The second-order valence-corrected chi connectivity index (χ2v) is 5.80. The molecule has 1 aromatic carbocycles. The zero-order chi connectivity index (χ0) is 18.3. The third kappa shape index (κ3) is 2.55. The fourth-order valence-electron chi connectivity index (χ4n) is 2.78. The van der Waals surface area contributed by atoms with Crippen molar-refractivity contribution >= 4 is 16.9 Å². The Kier molecular flexibility index (Phi) is 4.03. The molecular formula is C17H18N4O4. The monoisotopic (exact) mass is 342 g/mol. The van der Waals surface area contributed by atoms with Crippen molar-refractivity contribution < 1.29 is 9.53 Å². The number of rotatable bonds is 4. The Morgan fingerprint density at radius 3 is 2.36 bits per heavy atom. The number of nitrogens with zero attached hydrogens (tertiary/aromatic N) is 4. The van der Waals surface area contributed by atoms with Crippen LogP contribution in [-0.4, -0.2) is 31.6 Å². The molecule has 8 nitrogen and oxygen atoms in total. The highest BCUT2D eigenvalue weighted by Gasteiger charge is 2.22. The van der Waals surface area contributed by atoms with E-state index in [0.717, 1.165) is 4.57 Å². The van der Waals surface area contributed by atoms with Gasteiger partial charge in [0, 0.05) is 19.7 Å². The molecule has 0 aliphatic rings. The van der Waals surface area contributed by atoms with Crippen LogP contribution in [-0.2, 0) is 14.1 Å². The van der Waals surface area contributed by atoms with Crippen molar-refractivity contribution in [2.45, 2.75) is 13.0 Å². The Balaban J connectivity index is 2.11. The first-order valence-corrected chi connectivity index (χ1v) is 7.67. The molecule has 0 unspecified atom stereocenters. The molecule has 2 aromatic heterocycles. The van der Waals surface area contributed by atoms with Crippen LogP contribution in [0.15, 0.2) is 40.2 Å². The topological polar surface area (TPSA) is 88.1 Å². The fourth-order valence-corrected chi connectivity index (χ4v) is 2.78. The van der Waals surface area contributed by atoms with Crippen LogP contribution < -0.4 is 16.0 Å². The summed E-state index contributed by atoms with van der Waals surface area (Å²) in [4.78, 5) is 41.4. The molecule has 0 radical (unpaired) electrons. The largest absolute Gasteiger partial charge is 0.497 e. The number of carbonyl (C=O) groups is 1. The highest BCUT2D eigenvalue weighted by Crippen LogP contribution is 2.20. The molecule has 0 fully saturated rings. The zero-order valence-electron chi connectivity index (χ0n) is 14.4. The molecule has 130 valence electrons. The van der Waals surface area contributed by atoms with E-state index in [0.29, 0.717) is 11.3 Å². The summed E-state index contributed by atoms with van der Waals surface area (Å²) in [5.74, 6) is 0.485. The number of carbonyl (C=O) groups excluding carboxylic acids is 1. The van der Waals surface area contributed by atoms with Crippen molar-refractivity contribution in [3.8, 4) is 5.75 Å². The molecule has 1 atom stereocenters. The van der Waals surface area contributed by atoms with Crippen molar-refractivity contribution in [1.82, 2.24) is 18.7 Å². The summed E-state index contributed by atoms with van der Waals surface area (Å²) in [6.07, 6.45) is 1.41. The minimum Gasteiger partial charge on any atom is -0.497 e. The first kappa shape index (κ1) is 16.7. The third-order valence-corrected chi connectivity index (χ3v) is 4.34. The highest BCUT2D eigenvalue weighted by atomic mass is 16.5. The average Bonchev–Trinajstić information content (AvgIpc) is 3.08. The number of hydrogen-bond donors (Lipinski definition) is 0. The quantitative estimate of drug-likeness (QED) is 0.657. The van der Waals surface area contributed by atoms with E-state index in [-0.39, 0.29) is 16.9 Å². The minimum absolute atomic E-state index is 0.169. The number of imidazole rings is 1. The third-order valence-electron chi connectivity index (χ3n) is 4.34. The van der Waals surface area contributed by atoms with Gasteiger partial charge in [-0.1, -0.05) is 0 Å². The highest BCUT2D eigenvalue weighted by molar-refractivity contribution is 5.99. The van der Waals surface area contributed by atoms with Gasteiger partial charge in [-0.3, -0.25) is 18.7 Å². The van der Waals surface area contributed by atoms with Crippen molar-refractivity contribution in [2.75, 3.05) is 7.11 Å². The molecular weight excluding hydrogens is 324 g/mol. The molecule has 3 aromatic rings.